The largest absolute Gasteiger partial charge is 0.212 e. The van der Waals surface area contributed by atoms with Crippen molar-refractivity contribution in [2.24, 2.45) is 28.2 Å². The molecular formula is C74H100N4+4. The Bertz CT molecular complexity index is 3990. The Balaban J connectivity index is 0.000000222. The second kappa shape index (κ2) is 27.4. The fraction of sp³-hybridized carbons (Fsp3) is 0.405. The third kappa shape index (κ3) is 14.2. The summed E-state index contributed by atoms with van der Waals surface area (Å²) in [5, 5.41) is 0. The van der Waals surface area contributed by atoms with Gasteiger partial charge in [0.2, 0.25) is 22.8 Å². The van der Waals surface area contributed by atoms with E-state index in [0.29, 0.717) is 22.3 Å². The van der Waals surface area contributed by atoms with Crippen LogP contribution >= 0.6 is 0 Å². The van der Waals surface area contributed by atoms with E-state index in [0.717, 1.165) is 33.6 Å². The molecule has 0 atom stereocenters. The standard InChI is InChI=1S/2C18H22N.2C17H20N.4CH4/c2*1-13-8-9-17(14(2)10-13)18-11-15-6-4-5-7-16(15)12-19(18)3;2*1-12-7-8-16(13(2)9-12)17-10-14-5-4-6-15(14)11-18(17)3;;;;/h2*8-12H,4-7H2,1-3H3;2*7-11H,4-6H2,1-3H3;4*1H4/q4*+1;;;;/i1D3,6D2,7D2;;1D3,5D2,6D2;;;;;. The van der Waals surface area contributed by atoms with Crippen LogP contribution in [-0.4, -0.2) is 0 Å². The fourth-order valence-corrected chi connectivity index (χ4v) is 11.2. The smallest absolute Gasteiger partial charge is 0.201 e. The van der Waals surface area contributed by atoms with Crippen LogP contribution in [0.4, 0.5) is 0 Å². The minimum absolute atomic E-state index is 0. The maximum atomic E-state index is 8.30. The Morgan fingerprint density at radius 1 is 0.308 bits per heavy atom. The van der Waals surface area contributed by atoms with Crippen molar-refractivity contribution in [3.63, 3.8) is 0 Å². The quantitative estimate of drug-likeness (QED) is 0.156. The molecule has 412 valence electrons. The predicted molar refractivity (Wildman–Crippen MR) is 334 cm³/mol. The van der Waals surface area contributed by atoms with Crippen LogP contribution in [0.1, 0.15) is 176 Å². The third-order valence-corrected chi connectivity index (χ3v) is 15.1. The normalized spacial score (nSPS) is 18.8. The molecule has 12 rings (SSSR count). The number of rotatable bonds is 4. The van der Waals surface area contributed by atoms with Crippen LogP contribution in [0, 0.1) is 55.2 Å². The number of fused-ring (bicyclic) bond motifs is 4. The minimum Gasteiger partial charge on any atom is -0.201 e. The van der Waals surface area contributed by atoms with E-state index in [1.54, 1.807) is 101 Å². The van der Waals surface area contributed by atoms with Gasteiger partial charge in [-0.05, 0) is 214 Å². The highest BCUT2D eigenvalue weighted by Crippen LogP contribution is 2.31. The van der Waals surface area contributed by atoms with Crippen LogP contribution in [0.15, 0.2) is 122 Å². The van der Waals surface area contributed by atoms with E-state index in [1.165, 1.54) is 95.3 Å². The predicted octanol–water partition coefficient (Wildman–Crippen LogP) is 16.5. The van der Waals surface area contributed by atoms with Gasteiger partial charge in [-0.15, -0.1) is 0 Å². The molecule has 0 saturated carbocycles. The molecule has 8 aromatic rings. The van der Waals surface area contributed by atoms with Crippen LogP contribution in [0.3, 0.4) is 0 Å². The summed E-state index contributed by atoms with van der Waals surface area (Å²) in [6.07, 6.45) is 10.5. The zero-order valence-corrected chi connectivity index (χ0v) is 45.4. The monoisotopic (exact) mass is 1060 g/mol. The maximum absolute atomic E-state index is 8.30. The van der Waals surface area contributed by atoms with Gasteiger partial charge in [-0.25, -0.2) is 18.3 Å². The Hall–Kier alpha value is -6.52. The zero-order chi connectivity index (χ0) is 64.4. The highest BCUT2D eigenvalue weighted by Gasteiger charge is 2.24. The summed E-state index contributed by atoms with van der Waals surface area (Å²) in [6, 6.07) is 31.5. The van der Waals surface area contributed by atoms with Crippen LogP contribution in [0.25, 0.3) is 45.0 Å². The highest BCUT2D eigenvalue weighted by atomic mass is 14.9. The summed E-state index contributed by atoms with van der Waals surface area (Å²) in [7, 11) is 7.92. The molecule has 0 saturated heterocycles. The topological polar surface area (TPSA) is 15.5 Å². The molecule has 4 heteroatoms. The number of hydrogen-bond acceptors (Lipinski definition) is 0. The minimum atomic E-state index is -2.17. The molecule has 0 fully saturated rings. The molecule has 0 bridgehead atoms. The van der Waals surface area contributed by atoms with Crippen LogP contribution in [-0.2, 0) is 79.4 Å². The lowest BCUT2D eigenvalue weighted by atomic mass is 9.91. The van der Waals surface area contributed by atoms with Crippen LogP contribution < -0.4 is 18.3 Å². The third-order valence-electron chi connectivity index (χ3n) is 15.1. The molecule has 4 nitrogen and oxygen atoms in total. The molecule has 0 aliphatic heterocycles. The number of pyridine rings is 4. The van der Waals surface area contributed by atoms with Gasteiger partial charge in [-0.3, -0.25) is 0 Å². The van der Waals surface area contributed by atoms with Crippen molar-refractivity contribution in [3.05, 3.63) is 211 Å². The fourth-order valence-electron chi connectivity index (χ4n) is 11.2. The van der Waals surface area contributed by atoms with E-state index in [-0.39, 0.29) is 60.1 Å². The molecule has 0 spiro atoms. The summed E-state index contributed by atoms with van der Waals surface area (Å²) in [6.45, 7) is 8.04. The number of aryl methyl sites for hydroxylation is 20. The molecule has 0 N–H and O–H groups in total. The first-order valence-electron chi connectivity index (χ1n) is 33.5. The maximum Gasteiger partial charge on any atom is 0.212 e. The van der Waals surface area contributed by atoms with Gasteiger partial charge in [0.05, 0.1) is 0 Å². The van der Waals surface area contributed by atoms with Gasteiger partial charge in [0.25, 0.3) is 0 Å². The van der Waals surface area contributed by atoms with Gasteiger partial charge >= 0.3 is 0 Å². The van der Waals surface area contributed by atoms with Crippen molar-refractivity contribution < 1.29 is 37.5 Å². The molecule has 0 unspecified atom stereocenters. The van der Waals surface area contributed by atoms with Gasteiger partial charge < -0.3 is 0 Å². The SMILES string of the molecule is C.C.C.C.Cc1ccc(-c2cc3c(c[n+]2C)CCC3)c(C)c1.Cc1ccc(-c2cc3c(c[n+]2C)CCCC3)c(C)c1.[2H]C([2H])([2H])c1ccc(-c2cc3c(c[n+]2C)C([2H])([2H])CC3([2H])[2H])c(C)c1.[2H]C([2H])([2H])c1ccc(-c2cc3c(c[n+]2C)C([2H])([2H])CCC3([2H])[2H])c(C)c1. The number of aromatic nitrogens is 4. The molecule has 4 heterocycles. The van der Waals surface area contributed by atoms with Gasteiger partial charge in [0.1, 0.15) is 28.2 Å². The van der Waals surface area contributed by atoms with Crippen LogP contribution in [0.2, 0.25) is 0 Å². The summed E-state index contributed by atoms with van der Waals surface area (Å²) < 4.78 is 119. The van der Waals surface area contributed by atoms with Crippen molar-refractivity contribution in [3.8, 4) is 45.0 Å². The molecular weight excluding hydrogens is 945 g/mol. The first-order valence-corrected chi connectivity index (χ1v) is 26.5. The number of hydrogen-bond donors (Lipinski definition) is 0. The number of benzene rings is 4. The van der Waals surface area contributed by atoms with E-state index in [1.807, 2.05) is 13.8 Å². The van der Waals surface area contributed by atoms with Crippen molar-refractivity contribution >= 4 is 0 Å². The van der Waals surface area contributed by atoms with Gasteiger partial charge in [0.15, 0.2) is 24.8 Å². The van der Waals surface area contributed by atoms with Crippen molar-refractivity contribution in [2.75, 3.05) is 0 Å². The summed E-state index contributed by atoms with van der Waals surface area (Å²) >= 11 is 0. The van der Waals surface area contributed by atoms with E-state index < -0.39 is 39.2 Å². The van der Waals surface area contributed by atoms with Crippen molar-refractivity contribution in [1.29, 1.82) is 0 Å². The van der Waals surface area contributed by atoms with Crippen molar-refractivity contribution in [2.45, 2.75) is 175 Å². The lowest BCUT2D eigenvalue weighted by Gasteiger charge is -2.15. The van der Waals surface area contributed by atoms with E-state index in [2.05, 4.69) is 112 Å². The molecule has 78 heavy (non-hydrogen) atoms. The van der Waals surface area contributed by atoms with E-state index in [9.17, 15) is 0 Å². The molecule has 4 aromatic heterocycles. The summed E-state index contributed by atoms with van der Waals surface area (Å²) in [4.78, 5) is 0. The van der Waals surface area contributed by atoms with Gasteiger partial charge in [-0.1, -0.05) is 100 Å². The Labute approximate surface area is 494 Å². The first-order chi connectivity index (χ1) is 41.0. The molecule has 0 radical (unpaired) electrons. The van der Waals surface area contributed by atoms with Crippen molar-refractivity contribution in [1.82, 2.24) is 0 Å². The average molecular weight is 1060 g/mol. The van der Waals surface area contributed by atoms with E-state index >= 15 is 0 Å². The molecule has 0 amide bonds. The lowest BCUT2D eigenvalue weighted by Crippen LogP contribution is -2.32. The van der Waals surface area contributed by atoms with E-state index in [4.69, 9.17) is 19.2 Å². The molecule has 4 aliphatic carbocycles. The van der Waals surface area contributed by atoms with Gasteiger partial charge in [0, 0.05) is 88.0 Å². The lowest BCUT2D eigenvalue weighted by molar-refractivity contribution is -0.661. The summed E-state index contributed by atoms with van der Waals surface area (Å²) in [5.41, 5.74) is 23.7. The van der Waals surface area contributed by atoms with Crippen LogP contribution in [0.5, 0.6) is 0 Å². The number of nitrogens with zero attached hydrogens (tertiary/aromatic N) is 4. The molecule has 4 aliphatic rings. The second-order valence-corrected chi connectivity index (χ2v) is 21.0. The zero-order valence-electron chi connectivity index (χ0n) is 59.4. The van der Waals surface area contributed by atoms with Gasteiger partial charge in [-0.2, -0.15) is 0 Å². The average Bonchev–Trinajstić information content (AvgIpc) is 1.35. The Morgan fingerprint density at radius 2 is 0.590 bits per heavy atom. The first kappa shape index (κ1) is 44.3. The Morgan fingerprint density at radius 3 is 0.974 bits per heavy atom. The molecule has 4 aromatic carbocycles. The summed E-state index contributed by atoms with van der Waals surface area (Å²) in [5.74, 6) is 0. The second-order valence-electron chi connectivity index (χ2n) is 21.0. The Kier molecular flexibility index (Phi) is 15.6. The highest BCUT2D eigenvalue weighted by molar-refractivity contribution is 5.65.